The Morgan fingerprint density at radius 1 is 1.12 bits per heavy atom. The molecule has 128 valence electrons. The Hall–Kier alpha value is -2.44. The number of hydrogen-bond donors (Lipinski definition) is 0. The number of hydrogen-bond acceptors (Lipinski definition) is 3. The molecule has 0 saturated heterocycles. The molecule has 0 saturated carbocycles. The molecule has 0 aliphatic rings. The minimum atomic E-state index is -4.63. The number of halogens is 3. The maximum Gasteiger partial charge on any atom is 0.451 e. The highest BCUT2D eigenvalue weighted by Crippen LogP contribution is 2.27. The van der Waals surface area contributed by atoms with E-state index < -0.39 is 17.9 Å². The smallest absolute Gasteiger partial charge is 0.305 e. The number of alkyl halides is 3. The van der Waals surface area contributed by atoms with E-state index in [4.69, 9.17) is 0 Å². The van der Waals surface area contributed by atoms with E-state index in [9.17, 15) is 18.0 Å². The number of aryl methyl sites for hydroxylation is 2. The van der Waals surface area contributed by atoms with Gasteiger partial charge in [-0.3, -0.25) is 4.79 Å². The van der Waals surface area contributed by atoms with Gasteiger partial charge in [-0.1, -0.05) is 12.1 Å². The molecule has 1 aromatic carbocycles. The molecule has 1 amide bonds. The molecule has 0 bridgehead atoms. The largest absolute Gasteiger partial charge is 0.451 e. The highest BCUT2D eigenvalue weighted by Gasteiger charge is 2.34. The van der Waals surface area contributed by atoms with Crippen molar-refractivity contribution in [1.82, 2.24) is 9.97 Å². The summed E-state index contributed by atoms with van der Waals surface area (Å²) in [5, 5.41) is 0. The fraction of sp³-hybridized carbons (Fsp3) is 0.353. The Balaban J connectivity index is 2.42. The van der Waals surface area contributed by atoms with Crippen LogP contribution in [0.4, 0.5) is 18.9 Å². The Morgan fingerprint density at radius 2 is 1.71 bits per heavy atom. The SMILES string of the molecule is Cc1ccc(C)c(N(C(=O)c2cnc(C(F)(F)F)nc2)C(C)C)c1. The lowest BCUT2D eigenvalue weighted by Crippen LogP contribution is -2.37. The highest BCUT2D eigenvalue weighted by molar-refractivity contribution is 6.06. The standard InChI is InChI=1S/C17H18F3N3O/c1-10(2)23(14-7-11(3)5-6-12(14)4)15(24)13-8-21-16(22-9-13)17(18,19)20/h5-10H,1-4H3. The van der Waals surface area contributed by atoms with Gasteiger partial charge in [0.25, 0.3) is 5.91 Å². The predicted octanol–water partition coefficient (Wildman–Crippen LogP) is 4.17. The van der Waals surface area contributed by atoms with Crippen molar-refractivity contribution in [3.63, 3.8) is 0 Å². The highest BCUT2D eigenvalue weighted by atomic mass is 19.4. The number of amides is 1. The molecule has 0 unspecified atom stereocenters. The summed E-state index contributed by atoms with van der Waals surface area (Å²) in [4.78, 5) is 20.8. The first-order valence-electron chi connectivity index (χ1n) is 7.41. The van der Waals surface area contributed by atoms with Gasteiger partial charge in [-0.05, 0) is 44.9 Å². The number of anilines is 1. The summed E-state index contributed by atoms with van der Waals surface area (Å²) in [6, 6.07) is 5.53. The average Bonchev–Trinajstić information content (AvgIpc) is 2.50. The van der Waals surface area contributed by atoms with E-state index in [0.717, 1.165) is 29.2 Å². The zero-order valence-corrected chi connectivity index (χ0v) is 13.8. The third kappa shape index (κ3) is 3.72. The summed E-state index contributed by atoms with van der Waals surface area (Å²) < 4.78 is 37.6. The fourth-order valence-corrected chi connectivity index (χ4v) is 2.32. The second kappa shape index (κ2) is 6.59. The number of rotatable bonds is 3. The van der Waals surface area contributed by atoms with E-state index in [1.807, 2.05) is 45.9 Å². The topological polar surface area (TPSA) is 46.1 Å². The molecule has 2 aromatic rings. The molecule has 7 heteroatoms. The number of nitrogens with zero attached hydrogens (tertiary/aromatic N) is 3. The first-order valence-corrected chi connectivity index (χ1v) is 7.41. The van der Waals surface area contributed by atoms with E-state index in [1.54, 1.807) is 0 Å². The van der Waals surface area contributed by atoms with Crippen LogP contribution in [0.15, 0.2) is 30.6 Å². The molecule has 0 fully saturated rings. The minimum Gasteiger partial charge on any atom is -0.305 e. The molecule has 4 nitrogen and oxygen atoms in total. The van der Waals surface area contributed by atoms with Crippen LogP contribution in [0.2, 0.25) is 0 Å². The van der Waals surface area contributed by atoms with Crippen LogP contribution in [0.3, 0.4) is 0 Å². The second-order valence-corrected chi connectivity index (χ2v) is 5.85. The lowest BCUT2D eigenvalue weighted by molar-refractivity contribution is -0.145. The minimum absolute atomic E-state index is 0.0117. The van der Waals surface area contributed by atoms with Crippen LogP contribution in [-0.2, 0) is 6.18 Å². The molecule has 0 aliphatic carbocycles. The zero-order chi connectivity index (χ0) is 18.1. The number of benzene rings is 1. The van der Waals surface area contributed by atoms with Gasteiger partial charge in [0, 0.05) is 24.1 Å². The third-order valence-corrected chi connectivity index (χ3v) is 3.51. The molecule has 0 aliphatic heterocycles. The lowest BCUT2D eigenvalue weighted by Gasteiger charge is -2.28. The molecule has 24 heavy (non-hydrogen) atoms. The van der Waals surface area contributed by atoms with Crippen LogP contribution < -0.4 is 4.90 Å². The van der Waals surface area contributed by atoms with Crippen LogP contribution in [-0.4, -0.2) is 21.9 Å². The maximum absolute atomic E-state index is 12.8. The van der Waals surface area contributed by atoms with Crippen molar-refractivity contribution in [1.29, 1.82) is 0 Å². The third-order valence-electron chi connectivity index (χ3n) is 3.51. The Morgan fingerprint density at radius 3 is 2.21 bits per heavy atom. The van der Waals surface area contributed by atoms with Crippen LogP contribution in [0.1, 0.15) is 41.2 Å². The maximum atomic E-state index is 12.8. The van der Waals surface area contributed by atoms with Gasteiger partial charge in [-0.2, -0.15) is 13.2 Å². The normalized spacial score (nSPS) is 11.7. The van der Waals surface area contributed by atoms with Crippen LogP contribution in [0.25, 0.3) is 0 Å². The predicted molar refractivity (Wildman–Crippen MR) is 84.9 cm³/mol. The monoisotopic (exact) mass is 337 g/mol. The number of aromatic nitrogens is 2. The molecule has 1 aromatic heterocycles. The van der Waals surface area contributed by atoms with E-state index in [0.29, 0.717) is 0 Å². The Bertz CT molecular complexity index is 740. The van der Waals surface area contributed by atoms with Crippen molar-refractivity contribution >= 4 is 11.6 Å². The summed E-state index contributed by atoms with van der Waals surface area (Å²) in [6.07, 6.45) is -2.80. The van der Waals surface area contributed by atoms with Crippen LogP contribution in [0.5, 0.6) is 0 Å². The van der Waals surface area contributed by atoms with Crippen LogP contribution in [0, 0.1) is 13.8 Å². The molecule has 1 heterocycles. The van der Waals surface area contributed by atoms with Crippen molar-refractivity contribution in [2.75, 3.05) is 4.90 Å². The van der Waals surface area contributed by atoms with Gasteiger partial charge in [0.15, 0.2) is 0 Å². The molecule has 0 atom stereocenters. The second-order valence-electron chi connectivity index (χ2n) is 5.85. The van der Waals surface area contributed by atoms with E-state index in [-0.39, 0.29) is 11.6 Å². The van der Waals surface area contributed by atoms with Gasteiger partial charge in [-0.15, -0.1) is 0 Å². The van der Waals surface area contributed by atoms with Gasteiger partial charge < -0.3 is 4.90 Å². The molecule has 0 N–H and O–H groups in total. The molecule has 0 radical (unpaired) electrons. The molecule has 0 spiro atoms. The van der Waals surface area contributed by atoms with Gasteiger partial charge in [0.05, 0.1) is 5.56 Å². The van der Waals surface area contributed by atoms with Gasteiger partial charge in [-0.25, -0.2) is 9.97 Å². The van der Waals surface area contributed by atoms with Crippen molar-refractivity contribution in [3.8, 4) is 0 Å². The molecular formula is C17H18F3N3O. The van der Waals surface area contributed by atoms with Crippen molar-refractivity contribution < 1.29 is 18.0 Å². The summed E-state index contributed by atoms with van der Waals surface area (Å²) >= 11 is 0. The summed E-state index contributed by atoms with van der Waals surface area (Å²) in [5.41, 5.74) is 2.61. The average molecular weight is 337 g/mol. The molecule has 2 rings (SSSR count). The number of carbonyl (C=O) groups excluding carboxylic acids is 1. The number of carbonyl (C=O) groups is 1. The summed E-state index contributed by atoms with van der Waals surface area (Å²) in [7, 11) is 0. The zero-order valence-electron chi connectivity index (χ0n) is 13.8. The van der Waals surface area contributed by atoms with E-state index >= 15 is 0 Å². The van der Waals surface area contributed by atoms with Crippen LogP contribution >= 0.6 is 0 Å². The first-order chi connectivity index (χ1) is 11.1. The Kier molecular flexibility index (Phi) is 4.91. The lowest BCUT2D eigenvalue weighted by atomic mass is 10.1. The Labute approximate surface area is 138 Å². The quantitative estimate of drug-likeness (QED) is 0.844. The van der Waals surface area contributed by atoms with Crippen molar-refractivity contribution in [3.05, 3.63) is 53.1 Å². The first kappa shape index (κ1) is 17.9. The summed E-state index contributed by atoms with van der Waals surface area (Å²) in [6.45, 7) is 7.46. The fourth-order valence-electron chi connectivity index (χ4n) is 2.32. The van der Waals surface area contributed by atoms with Gasteiger partial charge >= 0.3 is 6.18 Å². The van der Waals surface area contributed by atoms with Crippen molar-refractivity contribution in [2.24, 2.45) is 0 Å². The van der Waals surface area contributed by atoms with Gasteiger partial charge in [0.1, 0.15) is 0 Å². The van der Waals surface area contributed by atoms with E-state index in [1.165, 1.54) is 4.90 Å². The van der Waals surface area contributed by atoms with Gasteiger partial charge in [0.2, 0.25) is 5.82 Å². The van der Waals surface area contributed by atoms with Crippen molar-refractivity contribution in [2.45, 2.75) is 39.9 Å². The summed E-state index contributed by atoms with van der Waals surface area (Å²) in [5.74, 6) is -1.70. The molecular weight excluding hydrogens is 319 g/mol. The van der Waals surface area contributed by atoms with E-state index in [2.05, 4.69) is 9.97 Å².